The highest BCUT2D eigenvalue weighted by molar-refractivity contribution is 5.76. The van der Waals surface area contributed by atoms with Gasteiger partial charge in [-0.05, 0) is 92.5 Å². The lowest BCUT2D eigenvalue weighted by Gasteiger charge is -2.35. The maximum Gasteiger partial charge on any atom is 0.223 e. The molecule has 1 fully saturated rings. The third-order valence-corrected chi connectivity index (χ3v) is 6.71. The van der Waals surface area contributed by atoms with Gasteiger partial charge in [0.25, 0.3) is 0 Å². The van der Waals surface area contributed by atoms with Gasteiger partial charge in [0.05, 0.1) is 0 Å². The van der Waals surface area contributed by atoms with Crippen LogP contribution in [0.3, 0.4) is 0 Å². The van der Waals surface area contributed by atoms with Crippen molar-refractivity contribution in [1.29, 1.82) is 0 Å². The molecule has 0 N–H and O–H groups in total. The zero-order valence-electron chi connectivity index (χ0n) is 23.6. The molecular weight excluding hydrogens is 416 g/mol. The molecule has 0 aromatic rings. The number of carbonyl (C=O) groups is 1. The summed E-state index contributed by atoms with van der Waals surface area (Å²) in [5, 5.41) is 0. The number of carbonyl (C=O) groups excluding carboxylic acids is 1. The monoisotopic (exact) mass is 470 g/mol. The number of unbranched alkanes of at least 4 members (excludes halogenated alkanes) is 2. The molecule has 34 heavy (non-hydrogen) atoms. The number of allylic oxidation sites excluding steroid dienone is 8. The Morgan fingerprint density at radius 2 is 1.38 bits per heavy atom. The van der Waals surface area contributed by atoms with Gasteiger partial charge in [-0.1, -0.05) is 66.4 Å². The quantitative estimate of drug-likeness (QED) is 0.178. The highest BCUT2D eigenvalue weighted by atomic mass is 16.2. The molecular formula is C31H54N2O. The number of piperazine rings is 1. The first-order chi connectivity index (χ1) is 16.2. The Morgan fingerprint density at radius 3 is 1.94 bits per heavy atom. The third kappa shape index (κ3) is 14.6. The van der Waals surface area contributed by atoms with E-state index < -0.39 is 0 Å². The average molecular weight is 471 g/mol. The van der Waals surface area contributed by atoms with Crippen molar-refractivity contribution < 1.29 is 4.79 Å². The predicted molar refractivity (Wildman–Crippen MR) is 150 cm³/mol. The van der Waals surface area contributed by atoms with Crippen molar-refractivity contribution in [1.82, 2.24) is 9.80 Å². The highest BCUT2D eigenvalue weighted by Gasteiger charge is 2.22. The summed E-state index contributed by atoms with van der Waals surface area (Å²) >= 11 is 0. The molecule has 0 bridgehead atoms. The number of rotatable bonds is 15. The summed E-state index contributed by atoms with van der Waals surface area (Å²) in [6, 6.07) is 0. The summed E-state index contributed by atoms with van der Waals surface area (Å²) in [5.74, 6) is 0.627. The molecule has 3 heteroatoms. The first-order valence-corrected chi connectivity index (χ1v) is 13.8. The Hall–Kier alpha value is -1.61. The molecule has 0 saturated carbocycles. The minimum atomic E-state index is 0.292. The molecule has 0 aromatic carbocycles. The molecule has 1 saturated heterocycles. The van der Waals surface area contributed by atoms with Crippen molar-refractivity contribution in [3.63, 3.8) is 0 Å². The molecule has 0 aromatic heterocycles. The fourth-order valence-electron chi connectivity index (χ4n) is 4.49. The molecule has 1 aliphatic rings. The first-order valence-electron chi connectivity index (χ1n) is 13.8. The lowest BCUT2D eigenvalue weighted by Crippen LogP contribution is -2.49. The third-order valence-electron chi connectivity index (χ3n) is 6.71. The van der Waals surface area contributed by atoms with Crippen molar-refractivity contribution >= 4 is 5.91 Å². The van der Waals surface area contributed by atoms with Gasteiger partial charge in [0, 0.05) is 32.6 Å². The molecule has 1 amide bonds. The Bertz CT molecular complexity index is 697. The number of amides is 1. The molecule has 3 nitrogen and oxygen atoms in total. The maximum atomic E-state index is 13.2. The van der Waals surface area contributed by atoms with E-state index in [9.17, 15) is 4.79 Å². The van der Waals surface area contributed by atoms with E-state index in [2.05, 4.69) is 82.6 Å². The van der Waals surface area contributed by atoms with Crippen LogP contribution < -0.4 is 0 Å². The van der Waals surface area contributed by atoms with Crippen molar-refractivity contribution in [2.24, 2.45) is 5.92 Å². The molecule has 194 valence electrons. The Labute approximate surface area is 212 Å². The van der Waals surface area contributed by atoms with E-state index in [-0.39, 0.29) is 0 Å². The lowest BCUT2D eigenvalue weighted by molar-refractivity contribution is -0.133. The van der Waals surface area contributed by atoms with Crippen LogP contribution in [0.5, 0.6) is 0 Å². The molecule has 1 heterocycles. The van der Waals surface area contributed by atoms with Gasteiger partial charge in [0.2, 0.25) is 5.91 Å². The molecule has 1 unspecified atom stereocenters. The van der Waals surface area contributed by atoms with Crippen LogP contribution in [0.15, 0.2) is 46.6 Å². The Balaban J connectivity index is 2.71. The smallest absolute Gasteiger partial charge is 0.223 e. The van der Waals surface area contributed by atoms with Gasteiger partial charge >= 0.3 is 0 Å². The lowest BCUT2D eigenvalue weighted by atomic mass is 9.94. The molecule has 1 aliphatic heterocycles. The van der Waals surface area contributed by atoms with E-state index in [4.69, 9.17) is 0 Å². The highest BCUT2D eigenvalue weighted by Crippen LogP contribution is 2.21. The van der Waals surface area contributed by atoms with Crippen molar-refractivity contribution in [2.75, 3.05) is 32.7 Å². The zero-order valence-corrected chi connectivity index (χ0v) is 23.6. The number of hydrogen-bond donors (Lipinski definition) is 0. The first kappa shape index (κ1) is 30.4. The largest absolute Gasteiger partial charge is 0.340 e. The van der Waals surface area contributed by atoms with Crippen LogP contribution in [-0.2, 0) is 4.79 Å². The fraction of sp³-hybridized carbons (Fsp3) is 0.710. The van der Waals surface area contributed by atoms with Gasteiger partial charge < -0.3 is 4.90 Å². The van der Waals surface area contributed by atoms with E-state index in [0.717, 1.165) is 58.3 Å². The molecule has 0 aliphatic carbocycles. The van der Waals surface area contributed by atoms with Crippen molar-refractivity contribution in [3.05, 3.63) is 46.6 Å². The van der Waals surface area contributed by atoms with Crippen LogP contribution in [0.1, 0.15) is 106 Å². The van der Waals surface area contributed by atoms with E-state index in [1.807, 2.05) is 0 Å². The summed E-state index contributed by atoms with van der Waals surface area (Å²) in [5.41, 5.74) is 5.61. The second kappa shape index (κ2) is 17.8. The second-order valence-electron chi connectivity index (χ2n) is 10.8. The number of hydrogen-bond acceptors (Lipinski definition) is 2. The Kier molecular flexibility index (Phi) is 15.9. The normalized spacial score (nSPS) is 16.4. The summed E-state index contributed by atoms with van der Waals surface area (Å²) in [6.07, 6.45) is 19.2. The molecule has 1 atom stereocenters. The SMILES string of the molecule is CCCCCN1CCN(C(=O)CC(/C=C(\C)CCC=C(C)C)C/C=C(\C)CCC=C(C)C)CC1. The van der Waals surface area contributed by atoms with Crippen LogP contribution in [0.25, 0.3) is 0 Å². The van der Waals surface area contributed by atoms with E-state index in [0.29, 0.717) is 18.2 Å². The standard InChI is InChI=1S/C31H54N2O/c1-8-9-10-19-32-20-22-33(23-21-32)31(34)25-30(24-29(7)16-12-14-27(4)5)18-17-28(6)15-11-13-26(2)3/h13-14,17,24,30H,8-12,15-16,18-23,25H2,1-7H3/b28-17+,29-24+. The van der Waals surface area contributed by atoms with Gasteiger partial charge in [-0.15, -0.1) is 0 Å². The van der Waals surface area contributed by atoms with E-state index >= 15 is 0 Å². The summed E-state index contributed by atoms with van der Waals surface area (Å²) in [6.45, 7) is 20.4. The van der Waals surface area contributed by atoms with Gasteiger partial charge in [-0.2, -0.15) is 0 Å². The summed E-state index contributed by atoms with van der Waals surface area (Å²) in [7, 11) is 0. The Morgan fingerprint density at radius 1 is 0.794 bits per heavy atom. The van der Waals surface area contributed by atoms with Crippen molar-refractivity contribution in [2.45, 2.75) is 106 Å². The van der Waals surface area contributed by atoms with Gasteiger partial charge in [0.15, 0.2) is 0 Å². The minimum Gasteiger partial charge on any atom is -0.340 e. The van der Waals surface area contributed by atoms with Crippen molar-refractivity contribution in [3.8, 4) is 0 Å². The minimum absolute atomic E-state index is 0.292. The van der Waals surface area contributed by atoms with Gasteiger partial charge in [-0.25, -0.2) is 0 Å². The molecule has 0 spiro atoms. The molecule has 1 rings (SSSR count). The molecule has 0 radical (unpaired) electrons. The van der Waals surface area contributed by atoms with E-state index in [1.165, 1.54) is 48.1 Å². The van der Waals surface area contributed by atoms with Gasteiger partial charge in [0.1, 0.15) is 0 Å². The van der Waals surface area contributed by atoms with Gasteiger partial charge in [-0.3, -0.25) is 9.69 Å². The topological polar surface area (TPSA) is 23.6 Å². The van der Waals surface area contributed by atoms with Crippen LogP contribution in [0, 0.1) is 5.92 Å². The van der Waals surface area contributed by atoms with Crippen LogP contribution in [-0.4, -0.2) is 48.4 Å². The second-order valence-corrected chi connectivity index (χ2v) is 10.8. The zero-order chi connectivity index (χ0) is 25.3. The summed E-state index contributed by atoms with van der Waals surface area (Å²) < 4.78 is 0. The van der Waals surface area contributed by atoms with Crippen LogP contribution in [0.4, 0.5) is 0 Å². The average Bonchev–Trinajstić information content (AvgIpc) is 2.77. The van der Waals surface area contributed by atoms with E-state index in [1.54, 1.807) is 0 Å². The fourth-order valence-corrected chi connectivity index (χ4v) is 4.49. The predicted octanol–water partition coefficient (Wildman–Crippen LogP) is 8.10. The van der Waals surface area contributed by atoms with Crippen LogP contribution in [0.2, 0.25) is 0 Å². The van der Waals surface area contributed by atoms with Crippen LogP contribution >= 0.6 is 0 Å². The number of nitrogens with zero attached hydrogens (tertiary/aromatic N) is 2. The summed E-state index contributed by atoms with van der Waals surface area (Å²) in [4.78, 5) is 17.8. The maximum absolute atomic E-state index is 13.2.